The highest BCUT2D eigenvalue weighted by Crippen LogP contribution is 2.30. The van der Waals surface area contributed by atoms with Crippen molar-refractivity contribution < 1.29 is 5.11 Å². The molecular formula is C17H19N3O. The van der Waals surface area contributed by atoms with Crippen LogP contribution in [-0.2, 0) is 0 Å². The number of rotatable bonds is 4. The lowest BCUT2D eigenvalue weighted by atomic mass is 10.1. The van der Waals surface area contributed by atoms with Gasteiger partial charge < -0.3 is 15.3 Å². The molecule has 0 fully saturated rings. The molecule has 0 spiro atoms. The zero-order valence-electron chi connectivity index (χ0n) is 12.0. The molecule has 3 rings (SSSR count). The summed E-state index contributed by atoms with van der Waals surface area (Å²) in [7, 11) is 0. The Balaban J connectivity index is 1.90. The van der Waals surface area contributed by atoms with Gasteiger partial charge in [0.2, 0.25) is 0 Å². The Hall–Kier alpha value is -2.49. The van der Waals surface area contributed by atoms with E-state index in [0.717, 1.165) is 29.9 Å². The molecule has 2 aromatic rings. The minimum Gasteiger partial charge on any atom is -0.506 e. The number of phenolic OH excluding ortho intramolecular Hbond substituents is 1. The van der Waals surface area contributed by atoms with Gasteiger partial charge in [0.1, 0.15) is 11.9 Å². The molecule has 4 nitrogen and oxygen atoms in total. The zero-order valence-corrected chi connectivity index (χ0v) is 12.0. The van der Waals surface area contributed by atoms with E-state index in [1.54, 1.807) is 6.07 Å². The molecule has 1 atom stereocenters. The number of hydrogen-bond acceptors (Lipinski definition) is 4. The number of benzene rings is 2. The van der Waals surface area contributed by atoms with Crippen LogP contribution in [0.25, 0.3) is 0 Å². The first kappa shape index (κ1) is 13.5. The quantitative estimate of drug-likeness (QED) is 0.846. The maximum absolute atomic E-state index is 10.1. The fourth-order valence-electron chi connectivity index (χ4n) is 2.49. The van der Waals surface area contributed by atoms with Gasteiger partial charge in [0.05, 0.1) is 18.6 Å². The molecule has 0 saturated carbocycles. The largest absolute Gasteiger partial charge is 0.506 e. The molecule has 108 valence electrons. The summed E-state index contributed by atoms with van der Waals surface area (Å²) in [5, 5.41) is 13.5. The summed E-state index contributed by atoms with van der Waals surface area (Å²) < 4.78 is 0. The van der Waals surface area contributed by atoms with E-state index in [0.29, 0.717) is 0 Å². The van der Waals surface area contributed by atoms with E-state index in [-0.39, 0.29) is 11.9 Å². The molecule has 0 aliphatic carbocycles. The fourth-order valence-corrected chi connectivity index (χ4v) is 2.49. The third kappa shape index (κ3) is 2.99. The van der Waals surface area contributed by atoms with Crippen LogP contribution >= 0.6 is 0 Å². The van der Waals surface area contributed by atoms with Crippen LogP contribution < -0.4 is 5.32 Å². The topological polar surface area (TPSA) is 47.9 Å². The fraction of sp³-hybridized carbons (Fsp3) is 0.235. The van der Waals surface area contributed by atoms with Crippen molar-refractivity contribution in [2.75, 3.05) is 18.4 Å². The average Bonchev–Trinajstić information content (AvgIpc) is 3.01. The molecule has 4 heteroatoms. The molecule has 1 aliphatic heterocycles. The number of hydrogen-bond donors (Lipinski definition) is 2. The molecule has 1 aliphatic rings. The van der Waals surface area contributed by atoms with Crippen LogP contribution in [0.2, 0.25) is 0 Å². The smallest absolute Gasteiger partial charge is 0.139 e. The summed E-state index contributed by atoms with van der Waals surface area (Å²) in [5.74, 6) is 0.270. The van der Waals surface area contributed by atoms with Crippen LogP contribution in [0.1, 0.15) is 17.3 Å². The first-order valence-electron chi connectivity index (χ1n) is 7.11. The maximum atomic E-state index is 10.1. The Bertz CT molecular complexity index is 640. The number of anilines is 1. The van der Waals surface area contributed by atoms with Gasteiger partial charge in [0.25, 0.3) is 0 Å². The summed E-state index contributed by atoms with van der Waals surface area (Å²) in [6, 6.07) is 15.9. The van der Waals surface area contributed by atoms with Crippen LogP contribution in [0.3, 0.4) is 0 Å². The van der Waals surface area contributed by atoms with Crippen molar-refractivity contribution in [1.29, 1.82) is 0 Å². The second-order valence-corrected chi connectivity index (χ2v) is 5.24. The Morgan fingerprint density at radius 2 is 2.00 bits per heavy atom. The van der Waals surface area contributed by atoms with E-state index < -0.39 is 0 Å². The number of aromatic hydroxyl groups is 1. The van der Waals surface area contributed by atoms with E-state index in [1.807, 2.05) is 43.6 Å². The van der Waals surface area contributed by atoms with Gasteiger partial charge in [-0.15, -0.1) is 0 Å². The van der Waals surface area contributed by atoms with E-state index in [9.17, 15) is 5.11 Å². The third-order valence-electron chi connectivity index (χ3n) is 3.61. The molecule has 0 bridgehead atoms. The summed E-state index contributed by atoms with van der Waals surface area (Å²) in [6.07, 6.45) is 1.83. The summed E-state index contributed by atoms with van der Waals surface area (Å²) in [5.41, 5.74) is 2.91. The monoisotopic (exact) mass is 281 g/mol. The van der Waals surface area contributed by atoms with Crippen molar-refractivity contribution in [2.45, 2.75) is 13.1 Å². The van der Waals surface area contributed by atoms with E-state index in [2.05, 4.69) is 27.3 Å². The number of nitrogens with zero attached hydrogens (tertiary/aromatic N) is 2. The van der Waals surface area contributed by atoms with Crippen molar-refractivity contribution in [3.8, 4) is 5.75 Å². The van der Waals surface area contributed by atoms with E-state index in [4.69, 9.17) is 0 Å². The molecule has 0 saturated heterocycles. The zero-order chi connectivity index (χ0) is 14.7. The maximum Gasteiger partial charge on any atom is 0.139 e. The van der Waals surface area contributed by atoms with Crippen molar-refractivity contribution in [2.24, 2.45) is 4.99 Å². The summed E-state index contributed by atoms with van der Waals surface area (Å²) in [4.78, 5) is 6.44. The van der Waals surface area contributed by atoms with Crippen LogP contribution in [0.5, 0.6) is 5.75 Å². The van der Waals surface area contributed by atoms with Crippen LogP contribution in [0.4, 0.5) is 5.69 Å². The highest BCUT2D eigenvalue weighted by atomic mass is 16.3. The minimum absolute atomic E-state index is 0.0361. The number of aliphatic imine (C=N–C) groups is 1. The minimum atomic E-state index is -0.0361. The van der Waals surface area contributed by atoms with E-state index in [1.165, 1.54) is 0 Å². The van der Waals surface area contributed by atoms with Crippen LogP contribution in [0.15, 0.2) is 53.5 Å². The Morgan fingerprint density at radius 3 is 2.67 bits per heavy atom. The van der Waals surface area contributed by atoms with Gasteiger partial charge in [-0.1, -0.05) is 36.4 Å². The number of aryl methyl sites for hydroxylation is 1. The lowest BCUT2D eigenvalue weighted by Gasteiger charge is -2.29. The summed E-state index contributed by atoms with van der Waals surface area (Å²) in [6.45, 7) is 3.65. The molecule has 2 N–H and O–H groups in total. The van der Waals surface area contributed by atoms with Gasteiger partial charge in [0, 0.05) is 6.54 Å². The molecule has 2 aromatic carbocycles. The molecule has 0 aromatic heterocycles. The van der Waals surface area contributed by atoms with Crippen LogP contribution in [0, 0.1) is 6.92 Å². The predicted molar refractivity (Wildman–Crippen MR) is 85.7 cm³/mol. The van der Waals surface area contributed by atoms with Gasteiger partial charge in [0.15, 0.2) is 0 Å². The highest BCUT2D eigenvalue weighted by Gasteiger charge is 2.21. The van der Waals surface area contributed by atoms with Crippen LogP contribution in [-0.4, -0.2) is 29.4 Å². The third-order valence-corrected chi connectivity index (χ3v) is 3.61. The Morgan fingerprint density at radius 1 is 1.19 bits per heavy atom. The number of nitrogens with one attached hydrogen (secondary N) is 1. The van der Waals surface area contributed by atoms with Gasteiger partial charge in [-0.2, -0.15) is 0 Å². The predicted octanol–water partition coefficient (Wildman–Crippen LogP) is 3.16. The molecule has 21 heavy (non-hydrogen) atoms. The second kappa shape index (κ2) is 5.87. The Kier molecular flexibility index (Phi) is 3.77. The Labute approximate surface area is 124 Å². The molecular weight excluding hydrogens is 262 g/mol. The lowest BCUT2D eigenvalue weighted by molar-refractivity contribution is 0.382. The first-order valence-corrected chi connectivity index (χ1v) is 7.11. The van der Waals surface area contributed by atoms with Crippen molar-refractivity contribution >= 4 is 12.0 Å². The second-order valence-electron chi connectivity index (χ2n) is 5.24. The number of phenols is 1. The van der Waals surface area contributed by atoms with Gasteiger partial charge in [-0.05, 0) is 30.2 Å². The van der Waals surface area contributed by atoms with E-state index >= 15 is 0 Å². The first-order chi connectivity index (χ1) is 10.2. The summed E-state index contributed by atoms with van der Waals surface area (Å²) >= 11 is 0. The normalized spacial score (nSPS) is 15.2. The standard InChI is InChI=1S/C17H19N3O/c1-13-7-8-15(16(21)11-13)19-17(20-10-9-18-12-20)14-5-3-2-4-6-14/h2-8,11-12,17,19,21H,9-10H2,1H3. The average molecular weight is 281 g/mol. The van der Waals surface area contributed by atoms with Gasteiger partial charge in [-0.3, -0.25) is 4.99 Å². The van der Waals surface area contributed by atoms with Gasteiger partial charge in [-0.25, -0.2) is 0 Å². The molecule has 1 unspecified atom stereocenters. The molecule has 0 radical (unpaired) electrons. The molecule has 0 amide bonds. The lowest BCUT2D eigenvalue weighted by Crippen LogP contribution is -2.31. The van der Waals surface area contributed by atoms with Crippen molar-refractivity contribution in [3.63, 3.8) is 0 Å². The van der Waals surface area contributed by atoms with Gasteiger partial charge >= 0.3 is 0 Å². The SMILES string of the molecule is Cc1ccc(NC(c2ccccc2)N2C=NCC2)c(O)c1. The van der Waals surface area contributed by atoms with Crippen molar-refractivity contribution in [3.05, 3.63) is 59.7 Å². The highest BCUT2D eigenvalue weighted by molar-refractivity contribution is 5.62. The van der Waals surface area contributed by atoms with Crippen molar-refractivity contribution in [1.82, 2.24) is 4.90 Å². The molecule has 1 heterocycles.